The van der Waals surface area contributed by atoms with Crippen LogP contribution in [-0.2, 0) is 6.42 Å². The van der Waals surface area contributed by atoms with Crippen molar-refractivity contribution < 1.29 is 4.74 Å². The van der Waals surface area contributed by atoms with Crippen LogP contribution >= 0.6 is 11.3 Å². The van der Waals surface area contributed by atoms with Gasteiger partial charge in [-0.15, -0.1) is 11.3 Å². The van der Waals surface area contributed by atoms with Gasteiger partial charge in [-0.05, 0) is 49.3 Å². The van der Waals surface area contributed by atoms with Crippen LogP contribution in [0.5, 0.6) is 11.5 Å². The Kier molecular flexibility index (Phi) is 4.53. The van der Waals surface area contributed by atoms with Gasteiger partial charge in [0.05, 0.1) is 0 Å². The molecule has 0 spiro atoms. The molecule has 0 amide bonds. The van der Waals surface area contributed by atoms with Crippen LogP contribution in [0.3, 0.4) is 0 Å². The first kappa shape index (κ1) is 14.1. The number of hydrogen-bond acceptors (Lipinski definition) is 3. The molecule has 0 bridgehead atoms. The molecule has 0 radical (unpaired) electrons. The summed E-state index contributed by atoms with van der Waals surface area (Å²) < 4.78 is 6.18. The summed E-state index contributed by atoms with van der Waals surface area (Å²) in [5.41, 5.74) is 0. The molecule has 0 aliphatic heterocycles. The molecule has 0 saturated heterocycles. The van der Waals surface area contributed by atoms with E-state index in [4.69, 9.17) is 4.74 Å². The van der Waals surface area contributed by atoms with Gasteiger partial charge in [0.25, 0.3) is 0 Å². The van der Waals surface area contributed by atoms with Gasteiger partial charge in [0.15, 0.2) is 0 Å². The number of aryl methyl sites for hydroxylation is 1. The number of thiophene rings is 1. The minimum absolute atomic E-state index is 0.932. The van der Waals surface area contributed by atoms with Crippen LogP contribution in [0.2, 0.25) is 0 Å². The topological polar surface area (TPSA) is 21.3 Å². The van der Waals surface area contributed by atoms with E-state index >= 15 is 0 Å². The van der Waals surface area contributed by atoms with Gasteiger partial charge in [-0.1, -0.05) is 36.4 Å². The maximum Gasteiger partial charge on any atom is 0.141 e. The van der Waals surface area contributed by atoms with Crippen LogP contribution in [-0.4, -0.2) is 13.6 Å². The zero-order valence-corrected chi connectivity index (χ0v) is 13.0. The third-order valence-corrected chi connectivity index (χ3v) is 4.47. The number of ether oxygens (including phenoxy) is 1. The molecule has 1 heterocycles. The Labute approximate surface area is 129 Å². The second-order valence-corrected chi connectivity index (χ2v) is 6.00. The van der Waals surface area contributed by atoms with E-state index in [1.165, 1.54) is 10.3 Å². The Morgan fingerprint density at radius 1 is 1.00 bits per heavy atom. The quantitative estimate of drug-likeness (QED) is 0.657. The van der Waals surface area contributed by atoms with Crippen LogP contribution in [0.1, 0.15) is 11.3 Å². The molecule has 0 saturated carbocycles. The predicted octanol–water partition coefficient (Wildman–Crippen LogP) is 4.85. The number of rotatable bonds is 6. The Bertz CT molecular complexity index is 715. The fourth-order valence-corrected chi connectivity index (χ4v) is 3.27. The monoisotopic (exact) mass is 297 g/mol. The minimum atomic E-state index is 0.932. The molecule has 0 atom stereocenters. The van der Waals surface area contributed by atoms with Crippen LogP contribution in [0.4, 0.5) is 0 Å². The largest absolute Gasteiger partial charge is 0.456 e. The van der Waals surface area contributed by atoms with Gasteiger partial charge in [-0.2, -0.15) is 0 Å². The second-order valence-electron chi connectivity index (χ2n) is 4.99. The molecular weight excluding hydrogens is 278 g/mol. The van der Waals surface area contributed by atoms with Crippen LogP contribution in [0.25, 0.3) is 10.8 Å². The highest BCUT2D eigenvalue weighted by Gasteiger charge is 2.08. The summed E-state index contributed by atoms with van der Waals surface area (Å²) in [6.07, 6.45) is 2.18. The van der Waals surface area contributed by atoms with Crippen molar-refractivity contribution in [3.05, 3.63) is 58.8 Å². The Balaban J connectivity index is 1.84. The van der Waals surface area contributed by atoms with Crippen molar-refractivity contribution in [3.8, 4) is 11.5 Å². The molecule has 1 N–H and O–H groups in total. The van der Waals surface area contributed by atoms with E-state index < -0.39 is 0 Å². The molecule has 3 rings (SSSR count). The standard InChI is InChI=1S/C18H19NOS/c1-19-12-5-10-18-17(11-13-21-18)20-16-9-4-7-14-6-2-3-8-15(14)16/h2-4,6-9,11,13,19H,5,10,12H2,1H3. The fourth-order valence-electron chi connectivity index (χ4n) is 2.43. The summed E-state index contributed by atoms with van der Waals surface area (Å²) >= 11 is 1.77. The molecule has 2 nitrogen and oxygen atoms in total. The highest BCUT2D eigenvalue weighted by atomic mass is 32.1. The maximum absolute atomic E-state index is 6.18. The van der Waals surface area contributed by atoms with E-state index in [-0.39, 0.29) is 0 Å². The van der Waals surface area contributed by atoms with Crippen molar-refractivity contribution >= 4 is 22.1 Å². The predicted molar refractivity (Wildman–Crippen MR) is 90.6 cm³/mol. The molecule has 3 aromatic rings. The van der Waals surface area contributed by atoms with Crippen LogP contribution in [0, 0.1) is 0 Å². The summed E-state index contributed by atoms with van der Waals surface area (Å²) in [7, 11) is 1.99. The van der Waals surface area contributed by atoms with E-state index in [1.54, 1.807) is 11.3 Å². The SMILES string of the molecule is CNCCCc1sccc1Oc1cccc2ccccc12. The summed E-state index contributed by atoms with van der Waals surface area (Å²) in [6, 6.07) is 16.6. The number of hydrogen-bond donors (Lipinski definition) is 1. The third-order valence-electron chi connectivity index (χ3n) is 3.50. The molecule has 3 heteroatoms. The first-order chi connectivity index (χ1) is 10.4. The van der Waals surface area contributed by atoms with Crippen molar-refractivity contribution in [1.82, 2.24) is 5.32 Å². The Morgan fingerprint density at radius 2 is 1.86 bits per heavy atom. The summed E-state index contributed by atoms with van der Waals surface area (Å²) in [6.45, 7) is 1.03. The number of nitrogens with one attached hydrogen (secondary N) is 1. The van der Waals surface area contributed by atoms with E-state index in [0.717, 1.165) is 36.3 Å². The zero-order chi connectivity index (χ0) is 14.5. The van der Waals surface area contributed by atoms with Gasteiger partial charge in [0.2, 0.25) is 0 Å². The average Bonchev–Trinajstić information content (AvgIpc) is 2.95. The first-order valence-corrected chi connectivity index (χ1v) is 8.13. The lowest BCUT2D eigenvalue weighted by molar-refractivity contribution is 0.484. The number of fused-ring (bicyclic) bond motifs is 1. The summed E-state index contributed by atoms with van der Waals surface area (Å²) in [4.78, 5) is 1.32. The smallest absolute Gasteiger partial charge is 0.141 e. The average molecular weight is 297 g/mol. The van der Waals surface area contributed by atoms with Crippen molar-refractivity contribution in [2.45, 2.75) is 12.8 Å². The Morgan fingerprint density at radius 3 is 2.76 bits per heavy atom. The molecule has 21 heavy (non-hydrogen) atoms. The van der Waals surface area contributed by atoms with Gasteiger partial charge >= 0.3 is 0 Å². The molecule has 0 aliphatic rings. The molecule has 108 valence electrons. The lowest BCUT2D eigenvalue weighted by Crippen LogP contribution is -2.08. The van der Waals surface area contributed by atoms with E-state index in [0.29, 0.717) is 0 Å². The highest BCUT2D eigenvalue weighted by Crippen LogP contribution is 2.34. The van der Waals surface area contributed by atoms with Crippen molar-refractivity contribution in [3.63, 3.8) is 0 Å². The molecular formula is C18H19NOS. The highest BCUT2D eigenvalue weighted by molar-refractivity contribution is 7.10. The van der Waals surface area contributed by atoms with Gasteiger partial charge in [-0.25, -0.2) is 0 Å². The van der Waals surface area contributed by atoms with E-state index in [1.807, 2.05) is 19.2 Å². The lowest BCUT2D eigenvalue weighted by atomic mass is 10.1. The molecule has 0 aliphatic carbocycles. The molecule has 0 fully saturated rings. The van der Waals surface area contributed by atoms with Crippen LogP contribution in [0.15, 0.2) is 53.9 Å². The summed E-state index contributed by atoms with van der Waals surface area (Å²) in [5.74, 6) is 1.92. The molecule has 2 aromatic carbocycles. The normalized spacial score (nSPS) is 10.9. The second kappa shape index (κ2) is 6.74. The van der Waals surface area contributed by atoms with Crippen molar-refractivity contribution in [2.75, 3.05) is 13.6 Å². The summed E-state index contributed by atoms with van der Waals surface area (Å²) in [5, 5.41) is 7.66. The van der Waals surface area contributed by atoms with Gasteiger partial charge in [0, 0.05) is 10.3 Å². The van der Waals surface area contributed by atoms with E-state index in [2.05, 4.69) is 47.1 Å². The fraction of sp³-hybridized carbons (Fsp3) is 0.222. The number of benzene rings is 2. The lowest BCUT2D eigenvalue weighted by Gasteiger charge is -2.09. The van der Waals surface area contributed by atoms with Gasteiger partial charge in [0.1, 0.15) is 11.5 Å². The zero-order valence-electron chi connectivity index (χ0n) is 12.1. The Hall–Kier alpha value is -1.84. The van der Waals surface area contributed by atoms with Gasteiger partial charge < -0.3 is 10.1 Å². The van der Waals surface area contributed by atoms with Crippen molar-refractivity contribution in [2.24, 2.45) is 0 Å². The van der Waals surface area contributed by atoms with Crippen molar-refractivity contribution in [1.29, 1.82) is 0 Å². The maximum atomic E-state index is 6.18. The van der Waals surface area contributed by atoms with E-state index in [9.17, 15) is 0 Å². The first-order valence-electron chi connectivity index (χ1n) is 7.25. The molecule has 1 aromatic heterocycles. The van der Waals surface area contributed by atoms with Gasteiger partial charge in [-0.3, -0.25) is 0 Å². The third kappa shape index (κ3) is 3.26. The minimum Gasteiger partial charge on any atom is -0.456 e. The molecule has 0 unspecified atom stereocenters. The van der Waals surface area contributed by atoms with Crippen LogP contribution < -0.4 is 10.1 Å².